The maximum absolute atomic E-state index is 12.1. The zero-order valence-electron chi connectivity index (χ0n) is 13.8. The van der Waals surface area contributed by atoms with Crippen LogP contribution in [-0.4, -0.2) is 57.5 Å². The van der Waals surface area contributed by atoms with Crippen LogP contribution in [0.2, 0.25) is 0 Å². The normalized spacial score (nSPS) is 17.8. The van der Waals surface area contributed by atoms with Crippen LogP contribution < -0.4 is 0 Å². The molecule has 0 aliphatic rings. The minimum absolute atomic E-state index is 0.333. The summed E-state index contributed by atoms with van der Waals surface area (Å²) in [6.45, 7) is 15.9. The van der Waals surface area contributed by atoms with Crippen molar-refractivity contribution in [1.29, 1.82) is 0 Å². The van der Waals surface area contributed by atoms with Crippen molar-refractivity contribution in [1.82, 2.24) is 0 Å². The Kier molecular flexibility index (Phi) is 4.63. The second kappa shape index (κ2) is 4.60. The molecule has 0 heterocycles. The molecule has 0 radical (unpaired) electrons. The SMILES string of the molecule is CC(C)P(C)(C)(C)OC(=O)OP(C)(C)(C)C(C)C. The maximum atomic E-state index is 12.1. The van der Waals surface area contributed by atoms with Crippen LogP contribution in [0.3, 0.4) is 0 Å². The average Bonchev–Trinajstić information content (AvgIpc) is 1.96. The molecule has 0 bridgehead atoms. The Morgan fingerprint density at radius 1 is 0.722 bits per heavy atom. The molecule has 0 atom stereocenters. The van der Waals surface area contributed by atoms with E-state index in [1.165, 1.54) is 0 Å². The predicted molar refractivity (Wildman–Crippen MR) is 87.2 cm³/mol. The fourth-order valence-corrected chi connectivity index (χ4v) is 2.38. The van der Waals surface area contributed by atoms with Crippen LogP contribution in [0.1, 0.15) is 27.7 Å². The third-order valence-electron chi connectivity index (χ3n) is 4.32. The van der Waals surface area contributed by atoms with E-state index < -0.39 is 19.8 Å². The Labute approximate surface area is 113 Å². The summed E-state index contributed by atoms with van der Waals surface area (Å²) in [6, 6.07) is 0. The molecule has 0 fully saturated rings. The van der Waals surface area contributed by atoms with E-state index in [0.29, 0.717) is 11.3 Å². The van der Waals surface area contributed by atoms with Gasteiger partial charge in [0.25, 0.3) is 0 Å². The molecule has 0 spiro atoms. The molecule has 18 heavy (non-hydrogen) atoms. The van der Waals surface area contributed by atoms with Gasteiger partial charge in [0.1, 0.15) is 0 Å². The van der Waals surface area contributed by atoms with Gasteiger partial charge in [-0.25, -0.2) is 0 Å². The van der Waals surface area contributed by atoms with Gasteiger partial charge in [0, 0.05) is 0 Å². The van der Waals surface area contributed by atoms with E-state index in [2.05, 4.69) is 67.7 Å². The molecule has 0 aliphatic heterocycles. The van der Waals surface area contributed by atoms with Gasteiger partial charge in [0.05, 0.1) is 0 Å². The first-order valence-electron chi connectivity index (χ1n) is 6.49. The summed E-state index contributed by atoms with van der Waals surface area (Å²) in [7, 11) is 0. The third-order valence-corrected chi connectivity index (χ3v) is 13.0. The average molecular weight is 298 g/mol. The van der Waals surface area contributed by atoms with Crippen LogP contribution in [0.4, 0.5) is 4.79 Å². The van der Waals surface area contributed by atoms with Gasteiger partial charge in [-0.2, -0.15) is 0 Å². The fourth-order valence-electron chi connectivity index (χ4n) is 0.761. The molecule has 0 aromatic carbocycles. The summed E-state index contributed by atoms with van der Waals surface area (Å²) >= 11 is 0. The quantitative estimate of drug-likeness (QED) is 0.707. The van der Waals surface area contributed by atoms with Gasteiger partial charge in [-0.3, -0.25) is 0 Å². The zero-order chi connectivity index (χ0) is 15.0. The van der Waals surface area contributed by atoms with Crippen LogP contribution in [0.15, 0.2) is 0 Å². The van der Waals surface area contributed by atoms with E-state index in [4.69, 9.17) is 9.05 Å². The fraction of sp³-hybridized carbons (Fsp3) is 0.923. The van der Waals surface area contributed by atoms with Crippen molar-refractivity contribution in [2.45, 2.75) is 39.0 Å². The van der Waals surface area contributed by atoms with Gasteiger partial charge in [-0.1, -0.05) is 0 Å². The molecule has 0 unspecified atom stereocenters. The number of carbonyl (C=O) groups is 1. The molecule has 5 heteroatoms. The molecule has 0 amide bonds. The molecule has 0 rings (SSSR count). The van der Waals surface area contributed by atoms with E-state index in [1.54, 1.807) is 0 Å². The topological polar surface area (TPSA) is 35.5 Å². The van der Waals surface area contributed by atoms with Crippen molar-refractivity contribution in [2.24, 2.45) is 0 Å². The van der Waals surface area contributed by atoms with Gasteiger partial charge < -0.3 is 0 Å². The summed E-state index contributed by atoms with van der Waals surface area (Å²) in [4.78, 5) is 12.1. The molecular weight excluding hydrogens is 266 g/mol. The Bertz CT molecular complexity index is 298. The second-order valence-corrected chi connectivity index (χ2v) is 21.7. The van der Waals surface area contributed by atoms with Gasteiger partial charge in [0.2, 0.25) is 0 Å². The van der Waals surface area contributed by atoms with E-state index in [0.717, 1.165) is 0 Å². The molecule has 112 valence electrons. The molecule has 0 aromatic rings. The van der Waals surface area contributed by atoms with E-state index in [9.17, 15) is 4.79 Å². The Hall–Kier alpha value is 0.130. The molecular formula is C13H32O3P2. The summed E-state index contributed by atoms with van der Waals surface area (Å²) in [5, 5.41) is 0. The summed E-state index contributed by atoms with van der Waals surface area (Å²) in [5.74, 6) is 0. The van der Waals surface area contributed by atoms with Crippen LogP contribution in [-0.2, 0) is 9.05 Å². The van der Waals surface area contributed by atoms with Crippen molar-refractivity contribution in [3.8, 4) is 0 Å². The molecule has 0 aliphatic carbocycles. The van der Waals surface area contributed by atoms with Crippen LogP contribution in [0.25, 0.3) is 0 Å². The number of hydrogen-bond acceptors (Lipinski definition) is 3. The van der Waals surface area contributed by atoms with Crippen molar-refractivity contribution >= 4 is 19.8 Å². The van der Waals surface area contributed by atoms with Crippen molar-refractivity contribution < 1.29 is 13.8 Å². The third kappa shape index (κ3) is 4.67. The number of carbonyl (C=O) groups excluding carboxylic acids is 1. The first-order chi connectivity index (χ1) is 7.54. The Balaban J connectivity index is 4.96. The standard InChI is InChI=1S/C13H32O3P2/c1-11(2)17(5,6,7)15-13(14)16-18(8,9,10)12(3)4/h11-12H,1-10H3. The van der Waals surface area contributed by atoms with E-state index in [1.807, 2.05) is 0 Å². The zero-order valence-corrected chi connectivity index (χ0v) is 15.6. The predicted octanol–water partition coefficient (Wildman–Crippen LogP) is 4.67. The summed E-state index contributed by atoms with van der Waals surface area (Å²) < 4.78 is 11.5. The molecule has 0 N–H and O–H groups in total. The van der Waals surface area contributed by atoms with E-state index >= 15 is 0 Å². The molecule has 3 nitrogen and oxygen atoms in total. The minimum atomic E-state index is -2.44. The van der Waals surface area contributed by atoms with Gasteiger partial charge >= 0.3 is 113 Å². The van der Waals surface area contributed by atoms with Crippen molar-refractivity contribution in [3.63, 3.8) is 0 Å². The summed E-state index contributed by atoms with van der Waals surface area (Å²) in [5.41, 5.74) is 0.665. The molecule has 0 saturated heterocycles. The van der Waals surface area contributed by atoms with Gasteiger partial charge in [0.15, 0.2) is 0 Å². The van der Waals surface area contributed by atoms with Gasteiger partial charge in [-0.15, -0.1) is 0 Å². The Morgan fingerprint density at radius 3 is 1.11 bits per heavy atom. The van der Waals surface area contributed by atoms with E-state index in [-0.39, 0.29) is 0 Å². The van der Waals surface area contributed by atoms with Gasteiger partial charge in [-0.05, 0) is 0 Å². The van der Waals surface area contributed by atoms with Crippen LogP contribution >= 0.6 is 13.7 Å². The first-order valence-corrected chi connectivity index (χ1v) is 13.6. The van der Waals surface area contributed by atoms with Crippen LogP contribution in [0, 0.1) is 0 Å². The Morgan fingerprint density at radius 2 is 0.944 bits per heavy atom. The number of hydrogen-bond donors (Lipinski definition) is 0. The number of rotatable bonds is 4. The first kappa shape index (κ1) is 18.1. The molecule has 0 saturated carbocycles. The summed E-state index contributed by atoms with van der Waals surface area (Å²) in [6.07, 6.45) is -0.493. The monoisotopic (exact) mass is 298 g/mol. The van der Waals surface area contributed by atoms with Crippen molar-refractivity contribution in [3.05, 3.63) is 0 Å². The molecule has 0 aromatic heterocycles. The second-order valence-electron chi connectivity index (χ2n) is 8.16. The van der Waals surface area contributed by atoms with Crippen molar-refractivity contribution in [2.75, 3.05) is 40.0 Å². The van der Waals surface area contributed by atoms with Crippen LogP contribution in [0.5, 0.6) is 0 Å².